The summed E-state index contributed by atoms with van der Waals surface area (Å²) in [5.74, 6) is 0. The van der Waals surface area contributed by atoms with E-state index in [-0.39, 0.29) is 12.0 Å². The van der Waals surface area contributed by atoms with E-state index in [0.717, 1.165) is 12.8 Å². The third kappa shape index (κ3) is 4.25. The van der Waals surface area contributed by atoms with Gasteiger partial charge >= 0.3 is 0 Å². The van der Waals surface area contributed by atoms with Crippen LogP contribution in [0.15, 0.2) is 0 Å². The van der Waals surface area contributed by atoms with E-state index in [1.165, 1.54) is 0 Å². The molecule has 3 heteroatoms. The van der Waals surface area contributed by atoms with E-state index in [4.69, 9.17) is 10.5 Å². The summed E-state index contributed by atoms with van der Waals surface area (Å²) in [6, 6.07) is 4.20. The summed E-state index contributed by atoms with van der Waals surface area (Å²) < 4.78 is 0. The van der Waals surface area contributed by atoms with E-state index in [9.17, 15) is 5.11 Å². The number of aliphatic hydroxyl groups is 1. The average molecular weight is 194 g/mol. The Kier molecular flexibility index (Phi) is 6.80. The van der Waals surface area contributed by atoms with Gasteiger partial charge in [0, 0.05) is 19.4 Å². The van der Waals surface area contributed by atoms with Crippen LogP contribution in [0.4, 0.5) is 0 Å². The fourth-order valence-corrected chi connectivity index (χ4v) is 1.78. The van der Waals surface area contributed by atoms with Crippen LogP contribution in [0.25, 0.3) is 0 Å². The van der Waals surface area contributed by atoms with Gasteiger partial charge in [-0.15, -0.1) is 0 Å². The zero-order valence-corrected chi connectivity index (χ0v) is 8.79. The van der Waals surface area contributed by atoms with Crippen LogP contribution in [0.2, 0.25) is 0 Å². The second-order valence-electron chi connectivity index (χ2n) is 3.72. The molecule has 0 aliphatic rings. The highest BCUT2D eigenvalue weighted by Gasteiger charge is 2.27. The van der Waals surface area contributed by atoms with E-state index in [0.29, 0.717) is 25.7 Å². The predicted molar refractivity (Wildman–Crippen MR) is 54.1 cm³/mol. The molecule has 0 bridgehead atoms. The molecular weight excluding hydrogens is 176 g/mol. The van der Waals surface area contributed by atoms with Crippen LogP contribution >= 0.6 is 0 Å². The van der Waals surface area contributed by atoms with Gasteiger partial charge in [0.2, 0.25) is 0 Å². The molecule has 0 aromatic heterocycles. The monoisotopic (exact) mass is 194 g/mol. The van der Waals surface area contributed by atoms with Crippen LogP contribution in [0.3, 0.4) is 0 Å². The molecule has 14 heavy (non-hydrogen) atoms. The number of nitrogens with zero attached hydrogens (tertiary/aromatic N) is 2. The third-order valence-corrected chi connectivity index (χ3v) is 2.65. The summed E-state index contributed by atoms with van der Waals surface area (Å²) in [6.07, 6.45) is 4.22. The van der Waals surface area contributed by atoms with Gasteiger partial charge in [0.25, 0.3) is 0 Å². The molecule has 0 aromatic rings. The number of hydrogen-bond acceptors (Lipinski definition) is 3. The molecule has 0 saturated heterocycles. The molecule has 78 valence electrons. The van der Waals surface area contributed by atoms with E-state index < -0.39 is 0 Å². The lowest BCUT2D eigenvalue weighted by Gasteiger charge is -2.30. The maximum Gasteiger partial charge on any atom is 0.0621 e. The zero-order chi connectivity index (χ0) is 10.9. The number of rotatable bonds is 7. The van der Waals surface area contributed by atoms with Crippen LogP contribution in [0.5, 0.6) is 0 Å². The van der Waals surface area contributed by atoms with Gasteiger partial charge in [-0.25, -0.2) is 0 Å². The van der Waals surface area contributed by atoms with E-state index in [1.807, 2.05) is 0 Å². The van der Waals surface area contributed by atoms with E-state index >= 15 is 0 Å². The van der Waals surface area contributed by atoms with Crippen molar-refractivity contribution in [2.75, 3.05) is 6.61 Å². The Balaban J connectivity index is 4.28. The molecule has 0 unspecified atom stereocenters. The molecule has 0 rings (SSSR count). The fourth-order valence-electron chi connectivity index (χ4n) is 1.78. The highest BCUT2D eigenvalue weighted by atomic mass is 16.3. The topological polar surface area (TPSA) is 67.8 Å². The lowest BCUT2D eigenvalue weighted by atomic mass is 9.76. The minimum absolute atomic E-state index is 0.0875. The molecule has 0 amide bonds. The first-order valence-corrected chi connectivity index (χ1v) is 5.09. The van der Waals surface area contributed by atoms with Gasteiger partial charge in [-0.2, -0.15) is 10.5 Å². The molecular formula is C11H18N2O. The molecule has 0 fully saturated rings. The highest BCUT2D eigenvalue weighted by molar-refractivity contribution is 4.86. The number of aliphatic hydroxyl groups excluding tert-OH is 1. The van der Waals surface area contributed by atoms with Gasteiger partial charge in [-0.05, 0) is 24.7 Å². The van der Waals surface area contributed by atoms with Crippen molar-refractivity contribution in [2.24, 2.45) is 5.41 Å². The largest absolute Gasteiger partial charge is 0.396 e. The number of hydrogen-bond donors (Lipinski definition) is 1. The van der Waals surface area contributed by atoms with Crippen molar-refractivity contribution in [3.63, 3.8) is 0 Å². The second-order valence-corrected chi connectivity index (χ2v) is 3.72. The van der Waals surface area contributed by atoms with Gasteiger partial charge in [0.05, 0.1) is 12.1 Å². The first-order valence-electron chi connectivity index (χ1n) is 5.09. The van der Waals surface area contributed by atoms with Crippen molar-refractivity contribution >= 4 is 0 Å². The fraction of sp³-hybridized carbons (Fsp3) is 0.818. The molecule has 0 saturated carbocycles. The Labute approximate surface area is 86.0 Å². The number of nitriles is 2. The summed E-state index contributed by atoms with van der Waals surface area (Å²) in [7, 11) is 0. The molecule has 0 aromatic carbocycles. The summed E-state index contributed by atoms with van der Waals surface area (Å²) in [6.45, 7) is 2.15. The zero-order valence-electron chi connectivity index (χ0n) is 8.79. The Morgan fingerprint density at radius 1 is 1.07 bits per heavy atom. The predicted octanol–water partition coefficient (Wildman–Crippen LogP) is 2.37. The maximum atomic E-state index is 9.34. The molecule has 0 spiro atoms. The molecule has 0 aliphatic carbocycles. The average Bonchev–Trinajstić information content (AvgIpc) is 2.22. The van der Waals surface area contributed by atoms with Crippen molar-refractivity contribution in [3.05, 3.63) is 0 Å². The first kappa shape index (κ1) is 12.9. The highest BCUT2D eigenvalue weighted by Crippen LogP contribution is 2.34. The summed E-state index contributed by atoms with van der Waals surface area (Å²) in [5, 5.41) is 26.4. The molecule has 0 atom stereocenters. The van der Waals surface area contributed by atoms with Crippen LogP contribution in [0, 0.1) is 28.1 Å². The van der Waals surface area contributed by atoms with Crippen molar-refractivity contribution in [1.82, 2.24) is 0 Å². The van der Waals surface area contributed by atoms with E-state index in [1.54, 1.807) is 0 Å². The van der Waals surface area contributed by atoms with Crippen molar-refractivity contribution in [1.29, 1.82) is 10.5 Å². The third-order valence-electron chi connectivity index (χ3n) is 2.65. The van der Waals surface area contributed by atoms with Gasteiger partial charge in [-0.3, -0.25) is 0 Å². The molecule has 1 N–H and O–H groups in total. The summed E-state index contributed by atoms with van der Waals surface area (Å²) >= 11 is 0. The lowest BCUT2D eigenvalue weighted by molar-refractivity contribution is 0.0970. The Bertz CT molecular complexity index is 206. The van der Waals surface area contributed by atoms with Crippen molar-refractivity contribution in [2.45, 2.75) is 45.4 Å². The summed E-state index contributed by atoms with van der Waals surface area (Å²) in [5.41, 5.74) is -0.194. The first-order chi connectivity index (χ1) is 6.74. The lowest BCUT2D eigenvalue weighted by Crippen LogP contribution is -2.25. The van der Waals surface area contributed by atoms with Crippen molar-refractivity contribution < 1.29 is 5.11 Å². The second kappa shape index (κ2) is 7.35. The minimum Gasteiger partial charge on any atom is -0.396 e. The van der Waals surface area contributed by atoms with Crippen LogP contribution < -0.4 is 0 Å². The Morgan fingerprint density at radius 3 is 1.86 bits per heavy atom. The SMILES string of the molecule is CCCC(CO)(CCC#N)CCC#N. The normalized spacial score (nSPS) is 10.6. The summed E-state index contributed by atoms with van der Waals surface area (Å²) in [4.78, 5) is 0. The standard InChI is InChI=1S/C11H18N2O/c1-2-5-11(10-14,6-3-8-12)7-4-9-13/h14H,2-7,10H2,1H3. The smallest absolute Gasteiger partial charge is 0.0621 e. The van der Waals surface area contributed by atoms with Crippen LogP contribution in [-0.4, -0.2) is 11.7 Å². The van der Waals surface area contributed by atoms with Gasteiger partial charge in [0.1, 0.15) is 0 Å². The van der Waals surface area contributed by atoms with Crippen molar-refractivity contribution in [3.8, 4) is 12.1 Å². The molecule has 0 heterocycles. The van der Waals surface area contributed by atoms with E-state index in [2.05, 4.69) is 19.1 Å². The minimum atomic E-state index is -0.194. The molecule has 3 nitrogen and oxygen atoms in total. The Morgan fingerprint density at radius 2 is 1.57 bits per heavy atom. The van der Waals surface area contributed by atoms with Crippen LogP contribution in [0.1, 0.15) is 45.4 Å². The van der Waals surface area contributed by atoms with Gasteiger partial charge < -0.3 is 5.11 Å². The van der Waals surface area contributed by atoms with Gasteiger partial charge in [0.15, 0.2) is 0 Å². The van der Waals surface area contributed by atoms with Gasteiger partial charge in [-0.1, -0.05) is 13.3 Å². The quantitative estimate of drug-likeness (QED) is 0.676. The molecule has 0 aliphatic heterocycles. The Hall–Kier alpha value is -1.06. The molecule has 0 radical (unpaired) electrons. The maximum absolute atomic E-state index is 9.34. The van der Waals surface area contributed by atoms with Crippen LogP contribution in [-0.2, 0) is 0 Å².